The molecule has 0 amide bonds. The summed E-state index contributed by atoms with van der Waals surface area (Å²) < 4.78 is 3.83. The number of pyridine rings is 3. The van der Waals surface area contributed by atoms with Crippen LogP contribution < -0.4 is 88.6 Å². The molecule has 0 unspecified atom stereocenters. The fraction of sp³-hybridized carbons (Fsp3) is 0.138. The van der Waals surface area contributed by atoms with Crippen LogP contribution in [-0.4, -0.2) is 38.2 Å². The molecule has 7 aromatic heterocycles. The second kappa shape index (κ2) is 22.0. The molecule has 7 heterocycles. The van der Waals surface area contributed by atoms with Gasteiger partial charge in [-0.15, -0.1) is 0 Å². The van der Waals surface area contributed by atoms with Crippen molar-refractivity contribution in [1.29, 1.82) is 0 Å². The Morgan fingerprint density at radius 2 is 0.977 bits per heavy atom. The number of rotatable bonds is 0. The average molecular weight is 582 g/mol. The van der Waals surface area contributed by atoms with Gasteiger partial charge in [0.05, 0.1) is 28.2 Å². The second-order valence-electron chi connectivity index (χ2n) is 8.29. The van der Waals surface area contributed by atoms with Crippen LogP contribution in [0.5, 0.6) is 0 Å². The number of H-pyrrole nitrogens is 4. The summed E-state index contributed by atoms with van der Waals surface area (Å²) in [5.74, 6) is 0. The fourth-order valence-corrected chi connectivity index (χ4v) is 3.37. The van der Waals surface area contributed by atoms with E-state index in [1.807, 2.05) is 129 Å². The number of aryl methyl sites for hydroxylation is 2. The van der Waals surface area contributed by atoms with Gasteiger partial charge in [0.25, 0.3) is 0 Å². The molecule has 7 aromatic rings. The van der Waals surface area contributed by atoms with Crippen molar-refractivity contribution in [2.24, 2.45) is 14.1 Å². The molecule has 15 heteroatoms. The Labute approximate surface area is 279 Å². The number of imidazole rings is 2. The van der Waals surface area contributed by atoms with Gasteiger partial charge in [0.2, 0.25) is 35.0 Å². The summed E-state index contributed by atoms with van der Waals surface area (Å²) in [6, 6.07) is 17.4. The first-order valence-corrected chi connectivity index (χ1v) is 13.0. The van der Waals surface area contributed by atoms with E-state index in [0.29, 0.717) is 0 Å². The minimum atomic E-state index is 0. The summed E-state index contributed by atoms with van der Waals surface area (Å²) in [6.45, 7) is 0. The second-order valence-corrected chi connectivity index (χ2v) is 8.29. The normalized spacial score (nSPS) is 10.2. The van der Waals surface area contributed by atoms with Crippen molar-refractivity contribution in [1.82, 2.24) is 34.1 Å². The zero-order valence-corrected chi connectivity index (χ0v) is 26.1. The minimum Gasteiger partial charge on any atom is -0.330 e. The molecule has 0 spiro atoms. The molecule has 214 valence electrons. The summed E-state index contributed by atoms with van der Waals surface area (Å²) in [7, 11) is 7.54. The third kappa shape index (κ3) is 12.3. The predicted octanol–water partition coefficient (Wildman–Crippen LogP) is -10.00. The van der Waals surface area contributed by atoms with E-state index in [-0.39, 0.29) is 37.7 Å². The van der Waals surface area contributed by atoms with Crippen LogP contribution >= 0.6 is 0 Å². The molecule has 0 saturated heterocycles. The molecule has 0 saturated carbocycles. The van der Waals surface area contributed by atoms with Gasteiger partial charge in [0.1, 0.15) is 0 Å². The van der Waals surface area contributed by atoms with Crippen LogP contribution in [0.4, 0.5) is 0 Å². The van der Waals surface area contributed by atoms with E-state index in [1.54, 1.807) is 25.0 Å². The van der Waals surface area contributed by atoms with E-state index in [4.69, 9.17) is 0 Å². The molecule has 7 rings (SSSR count). The molecule has 0 aliphatic rings. The summed E-state index contributed by atoms with van der Waals surface area (Å²) >= 11 is 0. The van der Waals surface area contributed by atoms with E-state index < -0.39 is 0 Å². The maximum Gasteiger partial charge on any atom is 1.00 e. The average Bonchev–Trinajstić information content (AvgIpc) is 3.67. The number of hydrogen-bond acceptors (Lipinski definition) is 3. The van der Waals surface area contributed by atoms with Gasteiger partial charge in [0.15, 0.2) is 35.8 Å². The van der Waals surface area contributed by atoms with Gasteiger partial charge in [-0.2, -0.15) is 0 Å². The molecule has 0 aromatic carbocycles. The van der Waals surface area contributed by atoms with Crippen molar-refractivity contribution in [3.63, 3.8) is 0 Å². The van der Waals surface area contributed by atoms with Gasteiger partial charge in [-0.25, -0.2) is 29.1 Å². The van der Waals surface area contributed by atoms with E-state index in [9.17, 15) is 0 Å². The van der Waals surface area contributed by atoms with Crippen molar-refractivity contribution in [2.45, 2.75) is 0 Å². The van der Waals surface area contributed by atoms with Crippen molar-refractivity contribution in [3.05, 3.63) is 128 Å². The number of nitrogens with one attached hydrogen (secondary N) is 6. The number of fused-ring (bicyclic) bond motifs is 2. The number of hydrogen-bond donors (Lipinski definition) is 2. The van der Waals surface area contributed by atoms with Crippen LogP contribution in [0.15, 0.2) is 117 Å². The molecule has 0 aliphatic carbocycles. The Morgan fingerprint density at radius 1 is 0.591 bits per heavy atom. The first-order valence-electron chi connectivity index (χ1n) is 13.0. The first kappa shape index (κ1) is 37.4. The minimum absolute atomic E-state index is 0. The Bertz CT molecular complexity index is 1590. The monoisotopic (exact) mass is 581 g/mol. The van der Waals surface area contributed by atoms with Crippen LogP contribution in [0.25, 0.3) is 22.3 Å². The van der Waals surface area contributed by atoms with Crippen molar-refractivity contribution >= 4 is 22.3 Å². The fourth-order valence-electron chi connectivity index (χ4n) is 3.37. The van der Waals surface area contributed by atoms with E-state index in [1.165, 1.54) is 0 Å². The molecule has 0 bridgehead atoms. The smallest absolute Gasteiger partial charge is 0.330 e. The molecular formula is C29H37Li2N13+6. The topological polar surface area (TPSA) is 161 Å². The van der Waals surface area contributed by atoms with Crippen molar-refractivity contribution in [2.75, 3.05) is 14.1 Å². The maximum absolute atomic E-state index is 4.13. The SMILES string of the molecule is C[NH+]=c1nc[n-]c2c1[nH+]cn2C.C[NH+]=c1nc[n-]c2c1[nH+]cn2C.[Li+].[Li+].c1cc[nH+]cc1.c1cc[nH+]cc1.c1ccncc1. The first-order chi connectivity index (χ1) is 20.7. The Hall–Kier alpha value is -4.66. The van der Waals surface area contributed by atoms with Crippen molar-refractivity contribution in [3.8, 4) is 0 Å². The molecule has 0 fully saturated rings. The van der Waals surface area contributed by atoms with Crippen LogP contribution in [0.3, 0.4) is 0 Å². The van der Waals surface area contributed by atoms with E-state index in [2.05, 4.69) is 54.8 Å². The molecule has 0 atom stereocenters. The largest absolute Gasteiger partial charge is 1.00 e. The number of aromatic nitrogens is 11. The third-order valence-corrected chi connectivity index (χ3v) is 5.38. The van der Waals surface area contributed by atoms with E-state index >= 15 is 0 Å². The summed E-state index contributed by atoms with van der Waals surface area (Å²) in [5, 5.41) is 0. The predicted molar refractivity (Wildman–Crippen MR) is 151 cm³/mol. The van der Waals surface area contributed by atoms with Gasteiger partial charge in [-0.1, -0.05) is 18.2 Å². The standard InChI is InChI=1S/2C7H8N5.3C5H5N.2Li/c2*1-8-6-5-7(10-3-9-6)12(2)4-11-5;3*1-2-4-6-5-3-1;;/h2*3-4H,1-2H3;3*1-5H;;/q2*-1;;;;2*+1/p+6. The van der Waals surface area contributed by atoms with Crippen LogP contribution in [0.1, 0.15) is 0 Å². The van der Waals surface area contributed by atoms with Gasteiger partial charge in [0, 0.05) is 36.7 Å². The van der Waals surface area contributed by atoms with Gasteiger partial charge in [-0.3, -0.25) is 4.98 Å². The Morgan fingerprint density at radius 3 is 1.23 bits per heavy atom. The summed E-state index contributed by atoms with van der Waals surface area (Å²) in [6.07, 6.45) is 17.8. The molecule has 6 N–H and O–H groups in total. The molecule has 0 aliphatic heterocycles. The molecule has 44 heavy (non-hydrogen) atoms. The van der Waals surface area contributed by atoms with Crippen LogP contribution in [-0.2, 0) is 14.1 Å². The van der Waals surface area contributed by atoms with E-state index in [0.717, 1.165) is 33.3 Å². The van der Waals surface area contributed by atoms with Gasteiger partial charge >= 0.3 is 37.7 Å². The zero-order chi connectivity index (χ0) is 29.8. The Balaban J connectivity index is 0.000000283. The quantitative estimate of drug-likeness (QED) is 0.170. The number of nitrogens with zero attached hydrogens (tertiary/aromatic N) is 7. The third-order valence-electron chi connectivity index (χ3n) is 5.38. The Kier molecular flexibility index (Phi) is 18.7. The number of aromatic amines is 4. The maximum atomic E-state index is 4.13. The van der Waals surface area contributed by atoms with Crippen LogP contribution in [0, 0.1) is 0 Å². The summed E-state index contributed by atoms with van der Waals surface area (Å²) in [4.78, 5) is 38.1. The molecular weight excluding hydrogens is 544 g/mol. The molecule has 13 nitrogen and oxygen atoms in total. The summed E-state index contributed by atoms with van der Waals surface area (Å²) in [5.41, 5.74) is 5.30. The van der Waals surface area contributed by atoms with Crippen molar-refractivity contribution < 1.29 is 67.6 Å². The van der Waals surface area contributed by atoms with Crippen LogP contribution in [0.2, 0.25) is 0 Å². The van der Waals surface area contributed by atoms with Gasteiger partial charge in [-0.05, 0) is 24.8 Å². The molecule has 0 radical (unpaired) electrons. The zero-order valence-electron chi connectivity index (χ0n) is 26.1. The van der Waals surface area contributed by atoms with Gasteiger partial charge < -0.3 is 29.9 Å².